The van der Waals surface area contributed by atoms with Crippen molar-refractivity contribution in [1.82, 2.24) is 10.2 Å². The van der Waals surface area contributed by atoms with E-state index in [1.807, 2.05) is 0 Å². The van der Waals surface area contributed by atoms with Crippen LogP contribution in [0.2, 0.25) is 0 Å². The summed E-state index contributed by atoms with van der Waals surface area (Å²) in [6.07, 6.45) is 8.67. The van der Waals surface area contributed by atoms with Gasteiger partial charge in [-0.15, -0.1) is 0 Å². The van der Waals surface area contributed by atoms with E-state index in [1.54, 1.807) is 0 Å². The van der Waals surface area contributed by atoms with Crippen LogP contribution >= 0.6 is 0 Å². The monoisotopic (exact) mass is 252 g/mol. The lowest BCUT2D eigenvalue weighted by molar-refractivity contribution is 0.0305. The zero-order valence-corrected chi connectivity index (χ0v) is 12.8. The molecule has 2 atom stereocenters. The van der Waals surface area contributed by atoms with Gasteiger partial charge in [-0.2, -0.15) is 0 Å². The van der Waals surface area contributed by atoms with E-state index < -0.39 is 0 Å². The number of hydrogen-bond acceptors (Lipinski definition) is 2. The van der Waals surface area contributed by atoms with E-state index in [2.05, 4.69) is 37.9 Å². The number of hydrogen-bond donors (Lipinski definition) is 1. The summed E-state index contributed by atoms with van der Waals surface area (Å²) in [7, 11) is 0. The highest BCUT2D eigenvalue weighted by molar-refractivity contribution is 4.94. The SMILES string of the molecule is CCN(C1CCCC1)C1CCC1CNC(C)(C)C. The minimum absolute atomic E-state index is 0.268. The van der Waals surface area contributed by atoms with Crippen molar-refractivity contribution in [2.24, 2.45) is 5.92 Å². The third-order valence-electron chi connectivity index (χ3n) is 4.86. The summed E-state index contributed by atoms with van der Waals surface area (Å²) in [6.45, 7) is 11.6. The van der Waals surface area contributed by atoms with Crippen LogP contribution in [0.25, 0.3) is 0 Å². The van der Waals surface area contributed by atoms with Gasteiger partial charge >= 0.3 is 0 Å². The van der Waals surface area contributed by atoms with Crippen molar-refractivity contribution in [1.29, 1.82) is 0 Å². The lowest BCUT2D eigenvalue weighted by Gasteiger charge is -2.47. The fourth-order valence-electron chi connectivity index (χ4n) is 3.66. The molecule has 0 bridgehead atoms. The highest BCUT2D eigenvalue weighted by Crippen LogP contribution is 2.36. The Balaban J connectivity index is 1.83. The average Bonchev–Trinajstić information content (AvgIpc) is 2.75. The van der Waals surface area contributed by atoms with E-state index in [-0.39, 0.29) is 5.54 Å². The Hall–Kier alpha value is -0.0800. The average molecular weight is 252 g/mol. The Labute approximate surface area is 114 Å². The summed E-state index contributed by atoms with van der Waals surface area (Å²) in [5.74, 6) is 0.893. The van der Waals surface area contributed by atoms with Crippen LogP contribution in [-0.2, 0) is 0 Å². The second-order valence-corrected chi connectivity index (χ2v) is 7.30. The van der Waals surface area contributed by atoms with E-state index in [0.29, 0.717) is 0 Å². The van der Waals surface area contributed by atoms with Gasteiger partial charge in [-0.25, -0.2) is 0 Å². The molecule has 0 saturated heterocycles. The molecule has 2 aliphatic carbocycles. The fraction of sp³-hybridized carbons (Fsp3) is 1.00. The maximum atomic E-state index is 3.70. The molecule has 0 aromatic carbocycles. The molecule has 2 fully saturated rings. The van der Waals surface area contributed by atoms with Gasteiger partial charge in [0.1, 0.15) is 0 Å². The third kappa shape index (κ3) is 3.48. The van der Waals surface area contributed by atoms with Crippen LogP contribution in [0, 0.1) is 5.92 Å². The molecule has 2 saturated carbocycles. The predicted octanol–water partition coefficient (Wildman–Crippen LogP) is 3.42. The summed E-state index contributed by atoms with van der Waals surface area (Å²) >= 11 is 0. The van der Waals surface area contributed by atoms with Gasteiger partial charge in [0.15, 0.2) is 0 Å². The second-order valence-electron chi connectivity index (χ2n) is 7.30. The van der Waals surface area contributed by atoms with Crippen LogP contribution in [0.3, 0.4) is 0 Å². The van der Waals surface area contributed by atoms with Crippen molar-refractivity contribution >= 4 is 0 Å². The highest BCUT2D eigenvalue weighted by atomic mass is 15.2. The van der Waals surface area contributed by atoms with Crippen molar-refractivity contribution in [3.8, 4) is 0 Å². The number of rotatable bonds is 5. The third-order valence-corrected chi connectivity index (χ3v) is 4.86. The fourth-order valence-corrected chi connectivity index (χ4v) is 3.66. The topological polar surface area (TPSA) is 15.3 Å². The standard InChI is InChI=1S/C16H32N2/c1-5-18(14-8-6-7-9-14)15-11-10-13(15)12-17-16(2,3)4/h13-15,17H,5-12H2,1-4H3. The number of nitrogens with zero attached hydrogens (tertiary/aromatic N) is 1. The summed E-state index contributed by atoms with van der Waals surface area (Å²) in [5, 5.41) is 3.70. The first-order valence-corrected chi connectivity index (χ1v) is 8.02. The first-order valence-electron chi connectivity index (χ1n) is 8.02. The molecule has 2 nitrogen and oxygen atoms in total. The van der Waals surface area contributed by atoms with Gasteiger partial charge < -0.3 is 5.32 Å². The van der Waals surface area contributed by atoms with Crippen molar-refractivity contribution in [3.05, 3.63) is 0 Å². The quantitative estimate of drug-likeness (QED) is 0.806. The summed E-state index contributed by atoms with van der Waals surface area (Å²) in [4.78, 5) is 2.82. The van der Waals surface area contributed by atoms with E-state index in [4.69, 9.17) is 0 Å². The Kier molecular flexibility index (Phi) is 4.71. The Morgan fingerprint density at radius 1 is 1.06 bits per heavy atom. The Bertz CT molecular complexity index is 250. The van der Waals surface area contributed by atoms with Crippen LogP contribution in [0.1, 0.15) is 66.2 Å². The molecule has 0 aromatic heterocycles. The van der Waals surface area contributed by atoms with Crippen LogP contribution in [0.15, 0.2) is 0 Å². The van der Waals surface area contributed by atoms with Gasteiger partial charge in [0.25, 0.3) is 0 Å². The minimum Gasteiger partial charge on any atom is -0.312 e. The van der Waals surface area contributed by atoms with Gasteiger partial charge in [0.2, 0.25) is 0 Å². The molecule has 0 amide bonds. The van der Waals surface area contributed by atoms with Gasteiger partial charge in [-0.1, -0.05) is 19.8 Å². The van der Waals surface area contributed by atoms with Crippen LogP contribution in [0.5, 0.6) is 0 Å². The largest absolute Gasteiger partial charge is 0.312 e. The zero-order valence-electron chi connectivity index (χ0n) is 12.8. The summed E-state index contributed by atoms with van der Waals surface area (Å²) < 4.78 is 0. The van der Waals surface area contributed by atoms with Crippen molar-refractivity contribution in [2.75, 3.05) is 13.1 Å². The van der Waals surface area contributed by atoms with Crippen molar-refractivity contribution < 1.29 is 0 Å². The minimum atomic E-state index is 0.268. The molecule has 106 valence electrons. The molecule has 0 aromatic rings. The first kappa shape index (κ1) is 14.3. The normalized spacial score (nSPS) is 29.8. The Morgan fingerprint density at radius 3 is 2.17 bits per heavy atom. The van der Waals surface area contributed by atoms with Gasteiger partial charge in [-0.05, 0) is 65.5 Å². The molecule has 2 aliphatic rings. The predicted molar refractivity (Wildman–Crippen MR) is 78.9 cm³/mol. The van der Waals surface area contributed by atoms with E-state index >= 15 is 0 Å². The molecular formula is C16H32N2. The molecule has 0 aliphatic heterocycles. The molecule has 2 unspecified atom stereocenters. The molecule has 1 N–H and O–H groups in total. The second kappa shape index (κ2) is 5.92. The first-order chi connectivity index (χ1) is 8.51. The smallest absolute Gasteiger partial charge is 0.0139 e. The summed E-state index contributed by atoms with van der Waals surface area (Å²) in [5.41, 5.74) is 0.268. The zero-order chi connectivity index (χ0) is 13.2. The van der Waals surface area contributed by atoms with E-state index in [1.165, 1.54) is 51.6 Å². The molecule has 0 radical (unpaired) electrons. The molecule has 0 heterocycles. The number of nitrogens with one attached hydrogen (secondary N) is 1. The van der Waals surface area contributed by atoms with Crippen LogP contribution < -0.4 is 5.32 Å². The molecule has 2 rings (SSSR count). The summed E-state index contributed by atoms with van der Waals surface area (Å²) in [6, 6.07) is 1.77. The molecule has 0 spiro atoms. The lowest BCUT2D eigenvalue weighted by Crippen LogP contribution is -2.55. The van der Waals surface area contributed by atoms with E-state index in [9.17, 15) is 0 Å². The molecule has 2 heteroatoms. The maximum Gasteiger partial charge on any atom is 0.0139 e. The Morgan fingerprint density at radius 2 is 1.72 bits per heavy atom. The van der Waals surface area contributed by atoms with Crippen molar-refractivity contribution in [3.63, 3.8) is 0 Å². The maximum absolute atomic E-state index is 3.70. The van der Waals surface area contributed by atoms with Crippen LogP contribution in [0.4, 0.5) is 0 Å². The van der Waals surface area contributed by atoms with Gasteiger partial charge in [0, 0.05) is 17.6 Å². The highest BCUT2D eigenvalue weighted by Gasteiger charge is 2.38. The van der Waals surface area contributed by atoms with Crippen LogP contribution in [-0.4, -0.2) is 35.6 Å². The van der Waals surface area contributed by atoms with Crippen molar-refractivity contribution in [2.45, 2.75) is 83.8 Å². The molecular weight excluding hydrogens is 220 g/mol. The molecule has 18 heavy (non-hydrogen) atoms. The van der Waals surface area contributed by atoms with E-state index in [0.717, 1.165) is 18.0 Å². The lowest BCUT2D eigenvalue weighted by atomic mass is 9.77. The van der Waals surface area contributed by atoms with Gasteiger partial charge in [-0.3, -0.25) is 4.90 Å². The van der Waals surface area contributed by atoms with Gasteiger partial charge in [0.05, 0.1) is 0 Å².